The standard InChI is InChI=1S/C17H24N4O3S/c1-5-24-16(22)10-15-18-21(17(25)20(15)3)12-19(2)11-13-6-8-14(23-4)9-7-13/h6-9H,5,10-12H2,1-4H3. The van der Waals surface area contributed by atoms with Crippen molar-refractivity contribution >= 4 is 18.2 Å². The zero-order chi connectivity index (χ0) is 18.4. The number of ether oxygens (including phenoxy) is 2. The highest BCUT2D eigenvalue weighted by Crippen LogP contribution is 2.13. The van der Waals surface area contributed by atoms with Gasteiger partial charge in [-0.05, 0) is 43.9 Å². The van der Waals surface area contributed by atoms with Crippen molar-refractivity contribution in [3.63, 3.8) is 0 Å². The second-order valence-corrected chi connectivity index (χ2v) is 6.11. The SMILES string of the molecule is CCOC(=O)Cc1nn(CN(C)Cc2ccc(OC)cc2)c(=S)n1C. The third-order valence-corrected chi connectivity index (χ3v) is 4.21. The van der Waals surface area contributed by atoms with Gasteiger partial charge in [0.25, 0.3) is 0 Å². The van der Waals surface area contributed by atoms with Gasteiger partial charge in [-0.2, -0.15) is 5.10 Å². The van der Waals surface area contributed by atoms with Gasteiger partial charge in [0.2, 0.25) is 0 Å². The first-order chi connectivity index (χ1) is 11.9. The van der Waals surface area contributed by atoms with E-state index in [0.717, 1.165) is 17.9 Å². The topological polar surface area (TPSA) is 61.5 Å². The lowest BCUT2D eigenvalue weighted by Crippen LogP contribution is -2.22. The normalized spacial score (nSPS) is 10.9. The minimum atomic E-state index is -0.302. The van der Waals surface area contributed by atoms with Crippen molar-refractivity contribution in [2.45, 2.75) is 26.6 Å². The number of methoxy groups -OCH3 is 1. The molecular formula is C17H24N4O3S. The Morgan fingerprint density at radius 2 is 2.00 bits per heavy atom. The van der Waals surface area contributed by atoms with Gasteiger partial charge in [0.05, 0.1) is 20.4 Å². The largest absolute Gasteiger partial charge is 0.497 e. The van der Waals surface area contributed by atoms with Crippen LogP contribution >= 0.6 is 12.2 Å². The van der Waals surface area contributed by atoms with Gasteiger partial charge < -0.3 is 14.0 Å². The Hall–Kier alpha value is -2.19. The summed E-state index contributed by atoms with van der Waals surface area (Å²) in [4.78, 5) is 13.8. The molecule has 0 saturated heterocycles. The molecule has 0 atom stereocenters. The predicted octanol–water partition coefficient (Wildman–Crippen LogP) is 2.15. The summed E-state index contributed by atoms with van der Waals surface area (Å²) in [5.74, 6) is 1.13. The summed E-state index contributed by atoms with van der Waals surface area (Å²) in [5.41, 5.74) is 1.16. The number of benzene rings is 1. The second-order valence-electron chi connectivity index (χ2n) is 5.74. The summed E-state index contributed by atoms with van der Waals surface area (Å²) in [6.45, 7) is 3.41. The molecule has 0 bridgehead atoms. The number of hydrogen-bond donors (Lipinski definition) is 0. The first-order valence-corrected chi connectivity index (χ1v) is 8.45. The fraction of sp³-hybridized carbons (Fsp3) is 0.471. The third-order valence-electron chi connectivity index (χ3n) is 3.73. The van der Waals surface area contributed by atoms with Crippen LogP contribution in [0.15, 0.2) is 24.3 Å². The number of esters is 1. The highest BCUT2D eigenvalue weighted by Gasteiger charge is 2.14. The van der Waals surface area contributed by atoms with Gasteiger partial charge >= 0.3 is 5.97 Å². The van der Waals surface area contributed by atoms with Crippen LogP contribution in [0.25, 0.3) is 0 Å². The fourth-order valence-corrected chi connectivity index (χ4v) is 2.65. The molecule has 0 aliphatic heterocycles. The van der Waals surface area contributed by atoms with Crippen LogP contribution in [0.5, 0.6) is 5.75 Å². The molecule has 0 radical (unpaired) electrons. The number of rotatable bonds is 8. The number of carbonyl (C=O) groups is 1. The van der Waals surface area contributed by atoms with Crippen LogP contribution in [0.3, 0.4) is 0 Å². The molecule has 1 heterocycles. The summed E-state index contributed by atoms with van der Waals surface area (Å²) in [6.07, 6.45) is 0.114. The average Bonchev–Trinajstić information content (AvgIpc) is 2.83. The van der Waals surface area contributed by atoms with Gasteiger partial charge in [-0.25, -0.2) is 4.68 Å². The maximum Gasteiger partial charge on any atom is 0.313 e. The molecule has 2 rings (SSSR count). The van der Waals surface area contributed by atoms with Crippen molar-refractivity contribution in [3.05, 3.63) is 40.4 Å². The number of aromatic nitrogens is 3. The van der Waals surface area contributed by atoms with Crippen LogP contribution in [-0.4, -0.2) is 46.0 Å². The monoisotopic (exact) mass is 364 g/mol. The average molecular weight is 364 g/mol. The van der Waals surface area contributed by atoms with Gasteiger partial charge in [-0.3, -0.25) is 9.69 Å². The van der Waals surface area contributed by atoms with E-state index in [2.05, 4.69) is 10.00 Å². The highest BCUT2D eigenvalue weighted by molar-refractivity contribution is 7.71. The molecule has 0 fully saturated rings. The maximum atomic E-state index is 11.7. The van der Waals surface area contributed by atoms with Crippen LogP contribution in [0.2, 0.25) is 0 Å². The molecule has 8 heteroatoms. The van der Waals surface area contributed by atoms with E-state index in [1.807, 2.05) is 38.4 Å². The first kappa shape index (κ1) is 19.1. The molecular weight excluding hydrogens is 340 g/mol. The summed E-state index contributed by atoms with van der Waals surface area (Å²) >= 11 is 5.42. The Kier molecular flexibility index (Phi) is 6.72. The van der Waals surface area contributed by atoms with Crippen LogP contribution in [0.4, 0.5) is 0 Å². The Balaban J connectivity index is 2.03. The molecule has 0 unspecified atom stereocenters. The molecule has 2 aromatic rings. The van der Waals surface area contributed by atoms with Crippen molar-refractivity contribution in [1.29, 1.82) is 0 Å². The molecule has 1 aromatic carbocycles. The number of hydrogen-bond acceptors (Lipinski definition) is 6. The van der Waals surface area contributed by atoms with E-state index < -0.39 is 0 Å². The van der Waals surface area contributed by atoms with E-state index >= 15 is 0 Å². The van der Waals surface area contributed by atoms with Crippen molar-refractivity contribution in [2.24, 2.45) is 7.05 Å². The van der Waals surface area contributed by atoms with Crippen molar-refractivity contribution in [2.75, 3.05) is 20.8 Å². The second kappa shape index (κ2) is 8.77. The van der Waals surface area contributed by atoms with Gasteiger partial charge in [-0.15, -0.1) is 0 Å². The lowest BCUT2D eigenvalue weighted by atomic mass is 10.2. The lowest BCUT2D eigenvalue weighted by Gasteiger charge is -2.16. The number of carbonyl (C=O) groups excluding carboxylic acids is 1. The van der Waals surface area contributed by atoms with Crippen LogP contribution in [0, 0.1) is 4.77 Å². The Morgan fingerprint density at radius 1 is 1.32 bits per heavy atom. The van der Waals surface area contributed by atoms with Gasteiger partial charge in [0.15, 0.2) is 4.77 Å². The van der Waals surface area contributed by atoms with Crippen LogP contribution < -0.4 is 4.74 Å². The Bertz CT molecular complexity index is 767. The summed E-state index contributed by atoms with van der Waals surface area (Å²) in [5, 5.41) is 4.45. The molecule has 0 N–H and O–H groups in total. The first-order valence-electron chi connectivity index (χ1n) is 8.04. The maximum absolute atomic E-state index is 11.7. The molecule has 0 amide bonds. The van der Waals surface area contributed by atoms with Gasteiger partial charge in [0.1, 0.15) is 18.0 Å². The van der Waals surface area contributed by atoms with E-state index in [9.17, 15) is 4.79 Å². The molecule has 0 aliphatic carbocycles. The summed E-state index contributed by atoms with van der Waals surface area (Å²) in [6, 6.07) is 7.93. The molecule has 7 nitrogen and oxygen atoms in total. The molecule has 136 valence electrons. The van der Waals surface area contributed by atoms with Gasteiger partial charge in [-0.1, -0.05) is 12.1 Å². The number of nitrogens with zero attached hydrogens (tertiary/aromatic N) is 4. The minimum absolute atomic E-state index is 0.114. The Labute approximate surface area is 152 Å². The quantitative estimate of drug-likeness (QED) is 0.528. The van der Waals surface area contributed by atoms with Crippen molar-refractivity contribution < 1.29 is 14.3 Å². The molecule has 0 spiro atoms. The van der Waals surface area contributed by atoms with Crippen molar-refractivity contribution in [3.8, 4) is 5.75 Å². The third kappa shape index (κ3) is 5.14. The van der Waals surface area contributed by atoms with E-state index in [-0.39, 0.29) is 12.4 Å². The smallest absolute Gasteiger partial charge is 0.313 e. The molecule has 25 heavy (non-hydrogen) atoms. The van der Waals surface area contributed by atoms with E-state index in [4.69, 9.17) is 21.7 Å². The van der Waals surface area contributed by atoms with E-state index in [1.54, 1.807) is 23.3 Å². The minimum Gasteiger partial charge on any atom is -0.497 e. The summed E-state index contributed by atoms with van der Waals surface area (Å²) in [7, 11) is 5.45. The van der Waals surface area contributed by atoms with Crippen molar-refractivity contribution in [1.82, 2.24) is 19.2 Å². The van der Waals surface area contributed by atoms with Crippen LogP contribution in [-0.2, 0) is 36.2 Å². The molecule has 1 aromatic heterocycles. The fourth-order valence-electron chi connectivity index (χ4n) is 2.44. The Morgan fingerprint density at radius 3 is 2.60 bits per heavy atom. The van der Waals surface area contributed by atoms with Crippen LogP contribution in [0.1, 0.15) is 18.3 Å². The zero-order valence-electron chi connectivity index (χ0n) is 15.1. The van der Waals surface area contributed by atoms with Gasteiger partial charge in [0, 0.05) is 13.6 Å². The zero-order valence-corrected chi connectivity index (χ0v) is 15.9. The van der Waals surface area contributed by atoms with E-state index in [0.29, 0.717) is 23.9 Å². The lowest BCUT2D eigenvalue weighted by molar-refractivity contribution is -0.142. The summed E-state index contributed by atoms with van der Waals surface area (Å²) < 4.78 is 14.2. The molecule has 0 saturated carbocycles. The van der Waals surface area contributed by atoms with E-state index in [1.165, 1.54) is 0 Å². The highest BCUT2D eigenvalue weighted by atomic mass is 32.1. The molecule has 0 aliphatic rings. The predicted molar refractivity (Wildman–Crippen MR) is 96.8 cm³/mol.